The van der Waals surface area contributed by atoms with Gasteiger partial charge in [-0.15, -0.1) is 0 Å². The van der Waals surface area contributed by atoms with Crippen LogP contribution in [0.4, 0.5) is 30.6 Å². The van der Waals surface area contributed by atoms with Crippen LogP contribution in [0.25, 0.3) is 0 Å². The van der Waals surface area contributed by atoms with Crippen LogP contribution in [0.5, 0.6) is 0 Å². The Kier molecular flexibility index (Phi) is 5.32. The van der Waals surface area contributed by atoms with Crippen molar-refractivity contribution in [3.63, 3.8) is 0 Å². The van der Waals surface area contributed by atoms with Crippen LogP contribution in [0.3, 0.4) is 0 Å². The molecule has 0 amide bonds. The standard InChI is InChI=1S/C16H15F3N6O/c17-11-1-2-13(18)10(5-11)6-20-15-14(19)8-21-16(24-15)23-12-7-22-25(9-12)3-4-26/h1-2,5,7-9,26H,3-4,6H2,(H2,20,21,23,24). The summed E-state index contributed by atoms with van der Waals surface area (Å²) in [7, 11) is 0. The Morgan fingerprint density at radius 2 is 1.96 bits per heavy atom. The first kappa shape index (κ1) is 17.7. The van der Waals surface area contributed by atoms with E-state index in [0.29, 0.717) is 12.2 Å². The Labute approximate surface area is 146 Å². The average molecular weight is 364 g/mol. The molecule has 0 radical (unpaired) electrons. The Morgan fingerprint density at radius 1 is 1.12 bits per heavy atom. The quantitative estimate of drug-likeness (QED) is 0.597. The number of anilines is 3. The first-order chi connectivity index (χ1) is 12.5. The molecule has 7 nitrogen and oxygen atoms in total. The molecule has 0 saturated heterocycles. The minimum atomic E-state index is -0.733. The van der Waals surface area contributed by atoms with Gasteiger partial charge in [0.1, 0.15) is 11.6 Å². The van der Waals surface area contributed by atoms with Gasteiger partial charge in [-0.3, -0.25) is 4.68 Å². The molecule has 136 valence electrons. The molecule has 0 bridgehead atoms. The molecule has 0 fully saturated rings. The van der Waals surface area contributed by atoms with Gasteiger partial charge in [-0.05, 0) is 18.2 Å². The predicted molar refractivity (Wildman–Crippen MR) is 88.3 cm³/mol. The Balaban J connectivity index is 1.71. The molecule has 0 unspecified atom stereocenters. The van der Waals surface area contributed by atoms with E-state index in [-0.39, 0.29) is 30.5 Å². The lowest BCUT2D eigenvalue weighted by molar-refractivity contribution is 0.269. The van der Waals surface area contributed by atoms with Crippen molar-refractivity contribution in [3.05, 3.63) is 59.8 Å². The minimum Gasteiger partial charge on any atom is -0.394 e. The van der Waals surface area contributed by atoms with Crippen molar-refractivity contribution in [1.29, 1.82) is 0 Å². The summed E-state index contributed by atoms with van der Waals surface area (Å²) >= 11 is 0. The van der Waals surface area contributed by atoms with Gasteiger partial charge in [0.25, 0.3) is 0 Å². The monoisotopic (exact) mass is 364 g/mol. The molecular weight excluding hydrogens is 349 g/mol. The zero-order valence-corrected chi connectivity index (χ0v) is 13.5. The number of hydrogen-bond donors (Lipinski definition) is 3. The van der Waals surface area contributed by atoms with Crippen LogP contribution >= 0.6 is 0 Å². The lowest BCUT2D eigenvalue weighted by atomic mass is 10.2. The highest BCUT2D eigenvalue weighted by molar-refractivity contribution is 5.52. The van der Waals surface area contributed by atoms with E-state index >= 15 is 0 Å². The molecule has 0 aliphatic rings. The van der Waals surface area contributed by atoms with E-state index in [4.69, 9.17) is 5.11 Å². The van der Waals surface area contributed by atoms with Gasteiger partial charge in [0, 0.05) is 18.3 Å². The second-order valence-electron chi connectivity index (χ2n) is 5.32. The predicted octanol–water partition coefficient (Wildman–Crippen LogP) is 2.44. The fourth-order valence-electron chi connectivity index (χ4n) is 2.19. The van der Waals surface area contributed by atoms with Crippen LogP contribution in [-0.2, 0) is 13.1 Å². The van der Waals surface area contributed by atoms with Crippen molar-refractivity contribution in [2.45, 2.75) is 13.1 Å². The number of nitrogens with one attached hydrogen (secondary N) is 2. The van der Waals surface area contributed by atoms with Crippen LogP contribution in [0.2, 0.25) is 0 Å². The van der Waals surface area contributed by atoms with Crippen molar-refractivity contribution in [2.75, 3.05) is 17.2 Å². The van der Waals surface area contributed by atoms with E-state index in [2.05, 4.69) is 25.7 Å². The summed E-state index contributed by atoms with van der Waals surface area (Å²) in [5.74, 6) is -1.99. The lowest BCUT2D eigenvalue weighted by Gasteiger charge is -2.09. The molecule has 3 rings (SSSR count). The topological polar surface area (TPSA) is 87.9 Å². The Hall–Kier alpha value is -3.14. The third-order valence-corrected chi connectivity index (χ3v) is 3.42. The number of aliphatic hydroxyl groups excluding tert-OH is 1. The molecule has 3 N–H and O–H groups in total. The summed E-state index contributed by atoms with van der Waals surface area (Å²) in [6, 6.07) is 3.03. The molecular formula is C16H15F3N6O. The smallest absolute Gasteiger partial charge is 0.229 e. The van der Waals surface area contributed by atoms with Crippen LogP contribution in [0, 0.1) is 17.5 Å². The normalized spacial score (nSPS) is 10.8. The minimum absolute atomic E-state index is 0.0443. The van der Waals surface area contributed by atoms with Gasteiger partial charge in [0.05, 0.1) is 31.2 Å². The van der Waals surface area contributed by atoms with E-state index < -0.39 is 17.5 Å². The van der Waals surface area contributed by atoms with E-state index in [1.807, 2.05) is 0 Å². The Bertz CT molecular complexity index is 901. The molecule has 0 aliphatic heterocycles. The number of aromatic nitrogens is 4. The molecule has 0 spiro atoms. The van der Waals surface area contributed by atoms with Crippen LogP contribution < -0.4 is 10.6 Å². The molecule has 0 saturated carbocycles. The highest BCUT2D eigenvalue weighted by Crippen LogP contribution is 2.18. The van der Waals surface area contributed by atoms with E-state index in [1.165, 1.54) is 10.9 Å². The molecule has 0 atom stereocenters. The third kappa shape index (κ3) is 4.28. The van der Waals surface area contributed by atoms with Gasteiger partial charge in [-0.1, -0.05) is 0 Å². The first-order valence-corrected chi connectivity index (χ1v) is 7.66. The maximum absolute atomic E-state index is 13.9. The van der Waals surface area contributed by atoms with Crippen molar-refractivity contribution >= 4 is 17.5 Å². The van der Waals surface area contributed by atoms with Gasteiger partial charge in [0.15, 0.2) is 11.6 Å². The fraction of sp³-hybridized carbons (Fsp3) is 0.188. The zero-order valence-electron chi connectivity index (χ0n) is 13.5. The molecule has 0 aliphatic carbocycles. The molecule has 1 aromatic carbocycles. The van der Waals surface area contributed by atoms with Crippen LogP contribution in [-0.4, -0.2) is 31.5 Å². The number of hydrogen-bond acceptors (Lipinski definition) is 6. The first-order valence-electron chi connectivity index (χ1n) is 7.66. The Morgan fingerprint density at radius 3 is 2.77 bits per heavy atom. The molecule has 26 heavy (non-hydrogen) atoms. The maximum atomic E-state index is 13.9. The van der Waals surface area contributed by atoms with Gasteiger partial charge in [0.2, 0.25) is 5.95 Å². The highest BCUT2D eigenvalue weighted by Gasteiger charge is 2.10. The van der Waals surface area contributed by atoms with E-state index in [0.717, 1.165) is 24.4 Å². The molecule has 2 aromatic heterocycles. The number of benzene rings is 1. The van der Waals surface area contributed by atoms with Crippen molar-refractivity contribution in [2.24, 2.45) is 0 Å². The van der Waals surface area contributed by atoms with Crippen LogP contribution in [0.1, 0.15) is 5.56 Å². The van der Waals surface area contributed by atoms with E-state index in [9.17, 15) is 13.2 Å². The number of aliphatic hydroxyl groups is 1. The molecule has 10 heteroatoms. The molecule has 3 aromatic rings. The van der Waals surface area contributed by atoms with Gasteiger partial charge in [-0.2, -0.15) is 10.1 Å². The summed E-state index contributed by atoms with van der Waals surface area (Å²) in [4.78, 5) is 7.80. The van der Waals surface area contributed by atoms with Gasteiger partial charge < -0.3 is 15.7 Å². The van der Waals surface area contributed by atoms with Crippen molar-refractivity contribution in [1.82, 2.24) is 19.7 Å². The maximum Gasteiger partial charge on any atom is 0.229 e. The zero-order chi connectivity index (χ0) is 18.5. The second kappa shape index (κ2) is 7.83. The summed E-state index contributed by atoms with van der Waals surface area (Å²) in [5.41, 5.74) is 0.593. The number of nitrogens with zero attached hydrogens (tertiary/aromatic N) is 4. The average Bonchev–Trinajstić information content (AvgIpc) is 3.05. The summed E-state index contributed by atoms with van der Waals surface area (Å²) < 4.78 is 42.2. The van der Waals surface area contributed by atoms with Crippen LogP contribution in [0.15, 0.2) is 36.8 Å². The number of halogens is 3. The van der Waals surface area contributed by atoms with Gasteiger partial charge >= 0.3 is 0 Å². The highest BCUT2D eigenvalue weighted by atomic mass is 19.1. The largest absolute Gasteiger partial charge is 0.394 e. The van der Waals surface area contributed by atoms with E-state index in [1.54, 1.807) is 6.20 Å². The summed E-state index contributed by atoms with van der Waals surface area (Å²) in [5, 5.41) is 18.3. The third-order valence-electron chi connectivity index (χ3n) is 3.42. The summed E-state index contributed by atoms with van der Waals surface area (Å²) in [6.07, 6.45) is 4.08. The van der Waals surface area contributed by atoms with Gasteiger partial charge in [-0.25, -0.2) is 18.2 Å². The van der Waals surface area contributed by atoms with Crippen molar-refractivity contribution < 1.29 is 18.3 Å². The SMILES string of the molecule is OCCn1cc(Nc2ncc(F)c(NCc3cc(F)ccc3F)n2)cn1. The molecule has 2 heterocycles. The lowest BCUT2D eigenvalue weighted by Crippen LogP contribution is -2.08. The summed E-state index contributed by atoms with van der Waals surface area (Å²) in [6.45, 7) is 0.127. The number of rotatable bonds is 7. The fourth-order valence-corrected chi connectivity index (χ4v) is 2.19. The van der Waals surface area contributed by atoms with Crippen molar-refractivity contribution in [3.8, 4) is 0 Å². The second-order valence-corrected chi connectivity index (χ2v) is 5.32.